The number of unbranched alkanes of at least 4 members (excludes halogenated alkanes) is 53. The Morgan fingerprint density at radius 3 is 0.680 bits per heavy atom. The van der Waals surface area contributed by atoms with Gasteiger partial charge in [-0.25, -0.2) is 9.13 Å². The van der Waals surface area contributed by atoms with Crippen molar-refractivity contribution in [1.29, 1.82) is 0 Å². The average Bonchev–Trinajstić information content (AvgIpc) is 0.961. The highest BCUT2D eigenvalue weighted by atomic mass is 31.2. The molecular formula is C81H158O17P2. The molecule has 0 aliphatic carbocycles. The minimum Gasteiger partial charge on any atom is -0.462 e. The largest absolute Gasteiger partial charge is 0.472 e. The highest BCUT2D eigenvalue weighted by Gasteiger charge is 2.30. The Balaban J connectivity index is 5.22. The van der Waals surface area contributed by atoms with Crippen LogP contribution in [0.25, 0.3) is 0 Å². The molecule has 100 heavy (non-hydrogen) atoms. The molecule has 17 nitrogen and oxygen atoms in total. The zero-order valence-corrected chi connectivity index (χ0v) is 67.1. The second-order valence-corrected chi connectivity index (χ2v) is 32.5. The van der Waals surface area contributed by atoms with Gasteiger partial charge in [0.2, 0.25) is 0 Å². The quantitative estimate of drug-likeness (QED) is 0.0222. The van der Waals surface area contributed by atoms with Crippen LogP contribution in [0, 0.1) is 5.92 Å². The van der Waals surface area contributed by atoms with Crippen LogP contribution in [0.3, 0.4) is 0 Å². The Bertz CT molecular complexity index is 1910. The molecule has 0 spiro atoms. The van der Waals surface area contributed by atoms with Crippen LogP contribution >= 0.6 is 15.6 Å². The molecule has 0 rings (SSSR count). The van der Waals surface area contributed by atoms with Crippen LogP contribution in [-0.4, -0.2) is 96.7 Å². The van der Waals surface area contributed by atoms with Crippen LogP contribution in [0.15, 0.2) is 0 Å². The Morgan fingerprint density at radius 2 is 0.460 bits per heavy atom. The molecule has 0 aromatic rings. The fourth-order valence-electron chi connectivity index (χ4n) is 12.6. The predicted molar refractivity (Wildman–Crippen MR) is 409 cm³/mol. The first-order valence-electron chi connectivity index (χ1n) is 42.1. The minimum atomic E-state index is -4.96. The molecule has 2 unspecified atom stereocenters. The maximum atomic E-state index is 13.1. The van der Waals surface area contributed by atoms with Crippen LogP contribution in [0.1, 0.15) is 433 Å². The van der Waals surface area contributed by atoms with E-state index < -0.39 is 97.5 Å². The predicted octanol–water partition coefficient (Wildman–Crippen LogP) is 24.4. The Labute approximate surface area is 613 Å². The number of carbonyl (C=O) groups is 4. The number of rotatable bonds is 81. The van der Waals surface area contributed by atoms with Gasteiger partial charge >= 0.3 is 39.5 Å². The zero-order chi connectivity index (χ0) is 73.4. The van der Waals surface area contributed by atoms with Crippen molar-refractivity contribution in [1.82, 2.24) is 0 Å². The van der Waals surface area contributed by atoms with E-state index in [1.807, 2.05) is 0 Å². The molecule has 0 radical (unpaired) electrons. The summed E-state index contributed by atoms with van der Waals surface area (Å²) in [6, 6.07) is 0. The maximum Gasteiger partial charge on any atom is 0.472 e. The van der Waals surface area contributed by atoms with E-state index in [2.05, 4.69) is 34.6 Å². The fourth-order valence-corrected chi connectivity index (χ4v) is 14.2. The lowest BCUT2D eigenvalue weighted by Gasteiger charge is -2.21. The van der Waals surface area contributed by atoms with Gasteiger partial charge in [0.15, 0.2) is 12.2 Å². The van der Waals surface area contributed by atoms with Crippen molar-refractivity contribution in [3.63, 3.8) is 0 Å². The monoisotopic (exact) mass is 1470 g/mol. The van der Waals surface area contributed by atoms with Gasteiger partial charge < -0.3 is 33.8 Å². The maximum absolute atomic E-state index is 13.1. The van der Waals surface area contributed by atoms with Gasteiger partial charge in [0, 0.05) is 25.7 Å². The second kappa shape index (κ2) is 73.9. The molecule has 0 bridgehead atoms. The third-order valence-corrected chi connectivity index (χ3v) is 20.9. The van der Waals surface area contributed by atoms with Crippen molar-refractivity contribution in [2.75, 3.05) is 39.6 Å². The fraction of sp³-hybridized carbons (Fsp3) is 0.951. The van der Waals surface area contributed by atoms with Gasteiger partial charge in [-0.15, -0.1) is 0 Å². The van der Waals surface area contributed by atoms with Crippen LogP contribution in [-0.2, 0) is 65.4 Å². The molecule has 0 amide bonds. The normalized spacial score (nSPS) is 13.8. The number of phosphoric acid groups is 2. The summed E-state index contributed by atoms with van der Waals surface area (Å²) in [5.74, 6) is -1.35. The summed E-state index contributed by atoms with van der Waals surface area (Å²) in [5.41, 5.74) is 0. The lowest BCUT2D eigenvalue weighted by molar-refractivity contribution is -0.161. The first kappa shape index (κ1) is 98.1. The molecule has 0 aliphatic rings. The number of carbonyl (C=O) groups excluding carboxylic acids is 4. The smallest absolute Gasteiger partial charge is 0.462 e. The second-order valence-electron chi connectivity index (χ2n) is 29.6. The molecule has 0 aromatic heterocycles. The summed E-state index contributed by atoms with van der Waals surface area (Å²) in [4.78, 5) is 73.0. The first-order valence-corrected chi connectivity index (χ1v) is 45.1. The van der Waals surface area contributed by atoms with Crippen LogP contribution in [0.5, 0.6) is 0 Å². The summed E-state index contributed by atoms with van der Waals surface area (Å²) in [5, 5.41) is 10.6. The number of aliphatic hydroxyl groups is 1. The number of esters is 4. The van der Waals surface area contributed by atoms with E-state index in [1.165, 1.54) is 257 Å². The number of phosphoric ester groups is 2. The summed E-state index contributed by atoms with van der Waals surface area (Å²) in [6.45, 7) is 7.32. The number of ether oxygens (including phenoxy) is 4. The third kappa shape index (κ3) is 74.3. The number of aliphatic hydroxyl groups excluding tert-OH is 1. The Kier molecular flexibility index (Phi) is 72.5. The van der Waals surface area contributed by atoms with E-state index in [1.54, 1.807) is 0 Å². The molecule has 0 aromatic carbocycles. The molecule has 0 heterocycles. The highest BCUT2D eigenvalue weighted by molar-refractivity contribution is 7.47. The van der Waals surface area contributed by atoms with Crippen LogP contribution in [0.4, 0.5) is 0 Å². The summed E-state index contributed by atoms with van der Waals surface area (Å²) in [7, 11) is -9.92. The summed E-state index contributed by atoms with van der Waals surface area (Å²) in [6.07, 6.45) is 65.2. The summed E-state index contributed by atoms with van der Waals surface area (Å²) >= 11 is 0. The molecule has 0 fully saturated rings. The molecule has 5 atom stereocenters. The van der Waals surface area contributed by atoms with Crippen molar-refractivity contribution >= 4 is 39.5 Å². The molecule has 0 saturated heterocycles. The lowest BCUT2D eigenvalue weighted by atomic mass is 10.0. The molecule has 19 heteroatoms. The van der Waals surface area contributed by atoms with Crippen LogP contribution < -0.4 is 0 Å². The Morgan fingerprint density at radius 1 is 0.270 bits per heavy atom. The molecular weight excluding hydrogens is 1310 g/mol. The SMILES string of the molecule is CCCCCCCCCCCCCCCCCCCCCCCC(=O)O[C@H](COC(=O)CCCCCCCCCCCCCCCC)COP(=O)(O)OC[C@@H](O)COP(=O)(O)OC[C@@H](COC(=O)CCCCCCCCCCCCCC)OC(=O)CCCCCCCCCCCCC(C)C. The van der Waals surface area contributed by atoms with Gasteiger partial charge in [-0.1, -0.05) is 381 Å². The number of hydrogen-bond acceptors (Lipinski definition) is 15. The highest BCUT2D eigenvalue weighted by Crippen LogP contribution is 2.45. The van der Waals surface area contributed by atoms with Gasteiger partial charge in [-0.2, -0.15) is 0 Å². The topological polar surface area (TPSA) is 237 Å². The number of hydrogen-bond donors (Lipinski definition) is 3. The van der Waals surface area contributed by atoms with Gasteiger partial charge in [0.1, 0.15) is 19.3 Å². The van der Waals surface area contributed by atoms with Gasteiger partial charge in [0.25, 0.3) is 0 Å². The van der Waals surface area contributed by atoms with Crippen LogP contribution in [0.2, 0.25) is 0 Å². The molecule has 0 saturated carbocycles. The van der Waals surface area contributed by atoms with Crippen molar-refractivity contribution < 1.29 is 80.2 Å². The van der Waals surface area contributed by atoms with E-state index in [4.69, 9.17) is 37.0 Å². The molecule has 0 aliphatic heterocycles. The van der Waals surface area contributed by atoms with Gasteiger partial charge in [-0.05, 0) is 31.6 Å². The van der Waals surface area contributed by atoms with Gasteiger partial charge in [0.05, 0.1) is 26.4 Å². The first-order chi connectivity index (χ1) is 48.5. The summed E-state index contributed by atoms with van der Waals surface area (Å²) < 4.78 is 68.7. The Hall–Kier alpha value is -1.94. The van der Waals surface area contributed by atoms with Crippen molar-refractivity contribution in [3.8, 4) is 0 Å². The van der Waals surface area contributed by atoms with Crippen molar-refractivity contribution in [2.45, 2.75) is 451 Å². The lowest BCUT2D eigenvalue weighted by Crippen LogP contribution is -2.30. The average molecular weight is 1470 g/mol. The minimum absolute atomic E-state index is 0.107. The molecule has 594 valence electrons. The van der Waals surface area contributed by atoms with E-state index in [0.717, 1.165) is 95.8 Å². The standard InChI is InChI=1S/C81H158O17P2/c1-6-9-12-15-18-21-24-27-29-30-31-32-33-34-35-37-40-46-51-56-61-66-80(85)97-76(70-92-79(84)65-60-55-50-45-39-36-28-25-22-19-16-13-10-7-2)72-95-99(87,88)93-68-75(82)69-94-100(89,90)96-73-77(71-91-78(83)64-59-54-49-44-38-26-23-20-17-14-11-8-3)98-81(86)67-62-57-52-47-42-41-43-48-53-58-63-74(4)5/h74-77,82H,6-73H2,1-5H3,(H,87,88)(H,89,90)/t75-,76-,77-/m1/s1. The van der Waals surface area contributed by atoms with E-state index in [-0.39, 0.29) is 25.7 Å². The van der Waals surface area contributed by atoms with E-state index >= 15 is 0 Å². The van der Waals surface area contributed by atoms with Crippen molar-refractivity contribution in [3.05, 3.63) is 0 Å². The zero-order valence-electron chi connectivity index (χ0n) is 65.3. The van der Waals surface area contributed by atoms with Crippen molar-refractivity contribution in [2.24, 2.45) is 5.92 Å². The molecule has 3 N–H and O–H groups in total. The van der Waals surface area contributed by atoms with E-state index in [9.17, 15) is 43.2 Å². The van der Waals surface area contributed by atoms with Gasteiger partial charge in [-0.3, -0.25) is 37.3 Å². The third-order valence-electron chi connectivity index (χ3n) is 19.0. The van der Waals surface area contributed by atoms with E-state index in [0.29, 0.717) is 25.7 Å².